The van der Waals surface area contributed by atoms with E-state index in [4.69, 9.17) is 0 Å². The van der Waals surface area contributed by atoms with Crippen LogP contribution in [0.1, 0.15) is 0 Å². The number of hydrogen-bond donors (Lipinski definition) is 0. The summed E-state index contributed by atoms with van der Waals surface area (Å²) >= 11 is 0. The summed E-state index contributed by atoms with van der Waals surface area (Å²) in [6.45, 7) is 0. The van der Waals surface area contributed by atoms with Crippen molar-refractivity contribution in [3.63, 3.8) is 0 Å². The molecule has 0 amide bonds. The Balaban J connectivity index is 0.000000131. The summed E-state index contributed by atoms with van der Waals surface area (Å²) in [5.41, 5.74) is 29.3. The predicted molar refractivity (Wildman–Crippen MR) is 554 cm³/mol. The average molecular weight is 1650 g/mol. The maximum absolute atomic E-state index is 2.47. The highest BCUT2D eigenvalue weighted by atomic mass is 15.0. The number of fused-ring (bicyclic) bond motifs is 29. The van der Waals surface area contributed by atoms with Gasteiger partial charge in [-0.25, -0.2) is 0 Å². The highest BCUT2D eigenvalue weighted by Gasteiger charge is 2.27. The molecular weight excluding hydrogens is 1570 g/mol. The van der Waals surface area contributed by atoms with E-state index in [-0.39, 0.29) is 0 Å². The molecule has 0 radical (unpaired) electrons. The molecule has 0 fully saturated rings. The molecular formula is C126H76N4. The van der Waals surface area contributed by atoms with E-state index in [9.17, 15) is 0 Å². The lowest BCUT2D eigenvalue weighted by Gasteiger charge is -2.18. The summed E-state index contributed by atoms with van der Waals surface area (Å²) in [5.74, 6) is 0. The molecule has 130 heavy (non-hydrogen) atoms. The summed E-state index contributed by atoms with van der Waals surface area (Å²) in [4.78, 5) is 0. The van der Waals surface area contributed by atoms with Crippen LogP contribution in [0.15, 0.2) is 461 Å². The Hall–Kier alpha value is -17.2. The first-order valence-electron chi connectivity index (χ1n) is 45.1. The molecule has 600 valence electrons. The van der Waals surface area contributed by atoms with Crippen LogP contribution in [-0.2, 0) is 0 Å². The van der Waals surface area contributed by atoms with Crippen LogP contribution in [0.3, 0.4) is 0 Å². The number of rotatable bonds is 8. The molecule has 4 nitrogen and oxygen atoms in total. The molecule has 1 aliphatic rings. The van der Waals surface area contributed by atoms with Gasteiger partial charge in [0.05, 0.1) is 44.1 Å². The minimum absolute atomic E-state index is 1.14. The Bertz CT molecular complexity index is 9760. The van der Waals surface area contributed by atoms with Crippen molar-refractivity contribution in [1.82, 2.24) is 18.3 Å². The molecule has 4 aromatic heterocycles. The first-order valence-corrected chi connectivity index (χ1v) is 45.1. The summed E-state index contributed by atoms with van der Waals surface area (Å²) < 4.78 is 9.71. The second-order valence-electron chi connectivity index (χ2n) is 35.3. The molecule has 0 aliphatic heterocycles. The van der Waals surface area contributed by atoms with Gasteiger partial charge < -0.3 is 18.3 Å². The summed E-state index contributed by atoms with van der Waals surface area (Å²) in [6.07, 6.45) is 0. The third-order valence-electron chi connectivity index (χ3n) is 28.4. The van der Waals surface area contributed by atoms with Crippen molar-refractivity contribution in [3.8, 4) is 89.5 Å². The largest absolute Gasteiger partial charge is 0.309 e. The smallest absolute Gasteiger partial charge is 0.0541 e. The molecule has 0 spiro atoms. The van der Waals surface area contributed by atoms with E-state index >= 15 is 0 Å². The molecule has 24 aromatic carbocycles. The zero-order chi connectivity index (χ0) is 84.9. The molecule has 0 unspecified atom stereocenters. The van der Waals surface area contributed by atoms with Crippen molar-refractivity contribution in [2.75, 3.05) is 0 Å². The highest BCUT2D eigenvalue weighted by Crippen LogP contribution is 2.53. The molecule has 0 saturated heterocycles. The van der Waals surface area contributed by atoms with Gasteiger partial charge in [0.1, 0.15) is 0 Å². The van der Waals surface area contributed by atoms with Gasteiger partial charge in [0.2, 0.25) is 0 Å². The van der Waals surface area contributed by atoms with Crippen molar-refractivity contribution >= 4 is 184 Å². The van der Waals surface area contributed by atoms with Crippen molar-refractivity contribution < 1.29 is 0 Å². The first kappa shape index (κ1) is 72.2. The SMILES string of the molecule is c1cc(-c2cc3c4ccccc4c4ccccc4c3c3c2ccc2ccccc23)cc(-n2c3ccccc3c3cc(-c4ccc5c(c4)c4ccccc4n5-c4ccc5ccccc5c4)ccc32)c1.c1ccc2cc(-n3c4ccccc4c4cc(-c5ccc6c(c5)c5ccccc5n6-c5ccc(-c6ccc7c(c6)-c6cc8ccccc8c8cccc-7c68)cc5)ccc43)ccc2c1. The van der Waals surface area contributed by atoms with Crippen LogP contribution < -0.4 is 0 Å². The van der Waals surface area contributed by atoms with Crippen molar-refractivity contribution in [2.24, 2.45) is 0 Å². The predicted octanol–water partition coefficient (Wildman–Crippen LogP) is 34.5. The van der Waals surface area contributed by atoms with Gasteiger partial charge in [-0.2, -0.15) is 0 Å². The topological polar surface area (TPSA) is 19.7 Å². The quantitative estimate of drug-likeness (QED) is 0.135. The number of nitrogens with zero attached hydrogens (tertiary/aromatic N) is 4. The lowest BCUT2D eigenvalue weighted by Crippen LogP contribution is -1.95. The molecule has 0 bridgehead atoms. The lowest BCUT2D eigenvalue weighted by atomic mass is 9.85. The molecule has 0 N–H and O–H groups in total. The van der Waals surface area contributed by atoms with E-state index in [1.165, 1.54) is 262 Å². The average Bonchev–Trinajstić information content (AvgIpc) is 1.59. The molecule has 0 saturated carbocycles. The minimum Gasteiger partial charge on any atom is -0.309 e. The van der Waals surface area contributed by atoms with Gasteiger partial charge in [-0.1, -0.05) is 322 Å². The van der Waals surface area contributed by atoms with Crippen LogP contribution in [0.5, 0.6) is 0 Å². The number of benzene rings is 24. The maximum Gasteiger partial charge on any atom is 0.0541 e. The van der Waals surface area contributed by atoms with Crippen LogP contribution in [0.2, 0.25) is 0 Å². The van der Waals surface area contributed by atoms with Gasteiger partial charge in [0, 0.05) is 65.8 Å². The second-order valence-corrected chi connectivity index (χ2v) is 35.3. The molecule has 4 heteroatoms. The summed E-state index contributed by atoms with van der Waals surface area (Å²) in [5, 5.41) is 33.1. The Kier molecular flexibility index (Phi) is 15.6. The Labute approximate surface area is 747 Å². The number of aromatic nitrogens is 4. The van der Waals surface area contributed by atoms with Gasteiger partial charge in [-0.3, -0.25) is 0 Å². The second kappa shape index (κ2) is 28.2. The van der Waals surface area contributed by atoms with Gasteiger partial charge in [0.25, 0.3) is 0 Å². The number of hydrogen-bond acceptors (Lipinski definition) is 0. The zero-order valence-electron chi connectivity index (χ0n) is 70.7. The van der Waals surface area contributed by atoms with E-state index in [1.807, 2.05) is 0 Å². The van der Waals surface area contributed by atoms with E-state index in [2.05, 4.69) is 479 Å². The number of para-hydroxylation sites is 4. The normalized spacial score (nSPS) is 12.2. The molecule has 0 atom stereocenters. The Morgan fingerprint density at radius 2 is 0.462 bits per heavy atom. The van der Waals surface area contributed by atoms with Crippen LogP contribution in [0.25, 0.3) is 274 Å². The lowest BCUT2D eigenvalue weighted by molar-refractivity contribution is 1.18. The van der Waals surface area contributed by atoms with Crippen molar-refractivity contribution in [2.45, 2.75) is 0 Å². The zero-order valence-corrected chi connectivity index (χ0v) is 70.7. The first-order chi connectivity index (χ1) is 64.5. The van der Waals surface area contributed by atoms with Gasteiger partial charge >= 0.3 is 0 Å². The fraction of sp³-hybridized carbons (Fsp3) is 0. The fourth-order valence-electron chi connectivity index (χ4n) is 22.6. The summed E-state index contributed by atoms with van der Waals surface area (Å²) in [6, 6.07) is 171. The highest BCUT2D eigenvalue weighted by molar-refractivity contribution is 6.37. The Morgan fingerprint density at radius 1 is 0.108 bits per heavy atom. The van der Waals surface area contributed by atoms with Crippen LogP contribution in [-0.4, -0.2) is 18.3 Å². The van der Waals surface area contributed by atoms with Crippen LogP contribution in [0.4, 0.5) is 0 Å². The summed E-state index contributed by atoms with van der Waals surface area (Å²) in [7, 11) is 0. The minimum atomic E-state index is 1.14. The van der Waals surface area contributed by atoms with Crippen molar-refractivity contribution in [3.05, 3.63) is 461 Å². The van der Waals surface area contributed by atoms with E-state index in [0.29, 0.717) is 0 Å². The molecule has 1 aliphatic carbocycles. The standard InChI is InChI=1S/C66H40N2.C60H36N2/c1-2-16-43-36-48(32-28-41(43)14-1)68-62-27-12-10-24-54(62)59-39-45(31-35-64(59)68)44-30-34-63-58(38-44)53-23-9-11-26-61(53)67(63)47-18-13-17-46(37-47)57-40-60-52-22-6-5-20-50(52)51-21-7-8-25-55(51)66(60)65-49-19-4-3-15-42(49)29-33-56(57)65;1-2-11-39-32-45(28-22-37(39)10-1)62-57-19-8-6-15-49(57)54-35-42(25-31-59(54)62)41-24-30-58-53(34-41)48-14-5-7-18-56(48)61(58)44-26-20-38(21-27-44)40-23-29-47-51-17-9-16-50-46-13-4-3-12-43(46)36-55(60(50)51)52(47)33-40/h1-40H;1-36H. The monoisotopic (exact) mass is 1640 g/mol. The van der Waals surface area contributed by atoms with Gasteiger partial charge in [-0.05, 0) is 303 Å². The third-order valence-corrected chi connectivity index (χ3v) is 28.4. The van der Waals surface area contributed by atoms with Gasteiger partial charge in [-0.15, -0.1) is 0 Å². The maximum atomic E-state index is 2.47. The molecule has 29 rings (SSSR count). The van der Waals surface area contributed by atoms with Crippen LogP contribution in [0, 0.1) is 0 Å². The molecule has 4 heterocycles. The van der Waals surface area contributed by atoms with E-state index in [1.54, 1.807) is 0 Å². The van der Waals surface area contributed by atoms with Gasteiger partial charge in [0.15, 0.2) is 0 Å². The van der Waals surface area contributed by atoms with E-state index < -0.39 is 0 Å². The third kappa shape index (κ3) is 10.9. The fourth-order valence-corrected chi connectivity index (χ4v) is 22.6. The van der Waals surface area contributed by atoms with Crippen molar-refractivity contribution in [1.29, 1.82) is 0 Å². The van der Waals surface area contributed by atoms with Crippen LogP contribution >= 0.6 is 0 Å². The molecule has 28 aromatic rings. The Morgan fingerprint density at radius 3 is 0.992 bits per heavy atom. The van der Waals surface area contributed by atoms with E-state index in [0.717, 1.165) is 11.4 Å².